The maximum absolute atomic E-state index is 11.8. The van der Waals surface area contributed by atoms with E-state index >= 15 is 0 Å². The summed E-state index contributed by atoms with van der Waals surface area (Å²) in [6.07, 6.45) is 1.70. The fourth-order valence-corrected chi connectivity index (χ4v) is 1.93. The quantitative estimate of drug-likeness (QED) is 0.483. The molecule has 0 fully saturated rings. The van der Waals surface area contributed by atoms with Crippen LogP contribution in [0.5, 0.6) is 11.5 Å². The molecule has 0 radical (unpaired) electrons. The van der Waals surface area contributed by atoms with E-state index in [-0.39, 0.29) is 35.9 Å². The largest absolute Gasteiger partial charge is 0.423 e. The van der Waals surface area contributed by atoms with Crippen LogP contribution in [0.4, 0.5) is 0 Å². The standard InChI is InChI=1S/C18H22O6/c1-13(19)7-5-11-17(21)23-15-9-3-4-10-16(15)24-18(22)12-6-8-14(2)20/h3-4,9-10H,5-8,11-12H2,1-2H3. The lowest BCUT2D eigenvalue weighted by Gasteiger charge is -2.10. The molecule has 0 atom stereocenters. The van der Waals surface area contributed by atoms with Crippen LogP contribution >= 0.6 is 0 Å². The van der Waals surface area contributed by atoms with E-state index in [9.17, 15) is 19.2 Å². The van der Waals surface area contributed by atoms with Crippen LogP contribution in [0.25, 0.3) is 0 Å². The van der Waals surface area contributed by atoms with Gasteiger partial charge in [0, 0.05) is 25.7 Å². The first-order valence-electron chi connectivity index (χ1n) is 7.87. The van der Waals surface area contributed by atoms with E-state index in [2.05, 4.69) is 0 Å². The number of hydrogen-bond donors (Lipinski definition) is 0. The summed E-state index contributed by atoms with van der Waals surface area (Å²) in [6, 6.07) is 6.37. The Balaban J connectivity index is 2.54. The number of esters is 2. The highest BCUT2D eigenvalue weighted by Gasteiger charge is 2.13. The number of para-hydroxylation sites is 2. The van der Waals surface area contributed by atoms with Gasteiger partial charge in [-0.05, 0) is 38.8 Å². The van der Waals surface area contributed by atoms with Crippen LogP contribution in [-0.4, -0.2) is 23.5 Å². The molecule has 0 unspecified atom stereocenters. The molecule has 130 valence electrons. The molecule has 0 aliphatic carbocycles. The lowest BCUT2D eigenvalue weighted by atomic mass is 10.2. The van der Waals surface area contributed by atoms with Crippen LogP contribution in [0.2, 0.25) is 0 Å². The summed E-state index contributed by atoms with van der Waals surface area (Å²) in [7, 11) is 0. The normalized spacial score (nSPS) is 10.1. The molecule has 24 heavy (non-hydrogen) atoms. The number of benzene rings is 1. The molecule has 0 aliphatic heterocycles. The number of ether oxygens (including phenoxy) is 2. The zero-order valence-corrected chi connectivity index (χ0v) is 14.0. The smallest absolute Gasteiger partial charge is 0.311 e. The molecular weight excluding hydrogens is 312 g/mol. The summed E-state index contributed by atoms with van der Waals surface area (Å²) in [5.74, 6) is -0.631. The summed E-state index contributed by atoms with van der Waals surface area (Å²) in [5, 5.41) is 0. The van der Waals surface area contributed by atoms with E-state index in [0.717, 1.165) is 0 Å². The number of Topliss-reactive ketones (excluding diaryl/α,β-unsaturated/α-hetero) is 2. The molecule has 0 aliphatic rings. The third-order valence-corrected chi connectivity index (χ3v) is 3.12. The first-order valence-corrected chi connectivity index (χ1v) is 7.87. The monoisotopic (exact) mass is 334 g/mol. The number of rotatable bonds is 10. The number of carbonyl (C=O) groups is 4. The number of hydrogen-bond acceptors (Lipinski definition) is 6. The van der Waals surface area contributed by atoms with E-state index in [1.807, 2.05) is 0 Å². The van der Waals surface area contributed by atoms with Gasteiger partial charge in [0.15, 0.2) is 11.5 Å². The zero-order chi connectivity index (χ0) is 17.9. The van der Waals surface area contributed by atoms with Crippen molar-refractivity contribution < 1.29 is 28.7 Å². The Bertz CT molecular complexity index is 552. The first-order chi connectivity index (χ1) is 11.4. The molecule has 0 heterocycles. The minimum absolute atomic E-state index is 0.0164. The second kappa shape index (κ2) is 10.3. The maximum atomic E-state index is 11.8. The van der Waals surface area contributed by atoms with Gasteiger partial charge >= 0.3 is 11.9 Å². The molecule has 6 nitrogen and oxygen atoms in total. The van der Waals surface area contributed by atoms with Crippen molar-refractivity contribution >= 4 is 23.5 Å². The van der Waals surface area contributed by atoms with Crippen LogP contribution < -0.4 is 9.47 Å². The average Bonchev–Trinajstić information content (AvgIpc) is 2.48. The third kappa shape index (κ3) is 8.22. The van der Waals surface area contributed by atoms with Gasteiger partial charge in [-0.3, -0.25) is 9.59 Å². The molecule has 1 rings (SSSR count). The van der Waals surface area contributed by atoms with E-state index in [4.69, 9.17) is 9.47 Å². The molecule has 1 aromatic rings. The van der Waals surface area contributed by atoms with Crippen molar-refractivity contribution in [1.82, 2.24) is 0 Å². The molecular formula is C18H22O6. The minimum atomic E-state index is -0.490. The lowest BCUT2D eigenvalue weighted by Crippen LogP contribution is -2.12. The van der Waals surface area contributed by atoms with Gasteiger partial charge < -0.3 is 19.1 Å². The number of carbonyl (C=O) groups excluding carboxylic acids is 4. The lowest BCUT2D eigenvalue weighted by molar-refractivity contribution is -0.137. The molecule has 0 aromatic heterocycles. The second-order valence-electron chi connectivity index (χ2n) is 5.51. The van der Waals surface area contributed by atoms with E-state index in [1.165, 1.54) is 26.0 Å². The molecule has 0 bridgehead atoms. The molecule has 0 spiro atoms. The van der Waals surface area contributed by atoms with E-state index in [1.54, 1.807) is 12.1 Å². The van der Waals surface area contributed by atoms with E-state index in [0.29, 0.717) is 25.7 Å². The van der Waals surface area contributed by atoms with Gasteiger partial charge in [0.25, 0.3) is 0 Å². The Kier molecular flexibility index (Phi) is 8.39. The second-order valence-corrected chi connectivity index (χ2v) is 5.51. The predicted octanol–water partition coefficient (Wildman–Crippen LogP) is 3.02. The van der Waals surface area contributed by atoms with Crippen LogP contribution in [0.3, 0.4) is 0 Å². The van der Waals surface area contributed by atoms with Crippen LogP contribution in [-0.2, 0) is 19.2 Å². The topological polar surface area (TPSA) is 86.7 Å². The maximum Gasteiger partial charge on any atom is 0.311 e. The predicted molar refractivity (Wildman–Crippen MR) is 86.8 cm³/mol. The summed E-state index contributed by atoms with van der Waals surface area (Å²) in [4.78, 5) is 45.2. The molecule has 1 aromatic carbocycles. The van der Waals surface area contributed by atoms with Crippen molar-refractivity contribution in [3.05, 3.63) is 24.3 Å². The summed E-state index contributed by atoms with van der Waals surface area (Å²) in [5.41, 5.74) is 0. The van der Waals surface area contributed by atoms with Crippen molar-refractivity contribution in [2.24, 2.45) is 0 Å². The van der Waals surface area contributed by atoms with Gasteiger partial charge in [0.05, 0.1) is 0 Å². The average molecular weight is 334 g/mol. The van der Waals surface area contributed by atoms with Gasteiger partial charge in [0.2, 0.25) is 0 Å². The van der Waals surface area contributed by atoms with Crippen LogP contribution in [0.1, 0.15) is 52.4 Å². The van der Waals surface area contributed by atoms with Crippen LogP contribution in [0, 0.1) is 0 Å². The molecule has 0 N–H and O–H groups in total. The molecule has 0 saturated heterocycles. The Morgan fingerprint density at radius 3 is 1.42 bits per heavy atom. The van der Waals surface area contributed by atoms with Gasteiger partial charge in [0.1, 0.15) is 11.6 Å². The van der Waals surface area contributed by atoms with Crippen LogP contribution in [0.15, 0.2) is 24.3 Å². The van der Waals surface area contributed by atoms with Crippen molar-refractivity contribution in [2.45, 2.75) is 52.4 Å². The van der Waals surface area contributed by atoms with Gasteiger partial charge in [-0.15, -0.1) is 0 Å². The SMILES string of the molecule is CC(=O)CCCC(=O)Oc1ccccc1OC(=O)CCCC(C)=O. The first kappa shape index (κ1) is 19.5. The summed E-state index contributed by atoms with van der Waals surface area (Å²) in [6.45, 7) is 2.93. The molecule has 0 saturated carbocycles. The highest BCUT2D eigenvalue weighted by molar-refractivity contribution is 5.79. The highest BCUT2D eigenvalue weighted by Crippen LogP contribution is 2.27. The van der Waals surface area contributed by atoms with Crippen molar-refractivity contribution in [3.8, 4) is 11.5 Å². The van der Waals surface area contributed by atoms with Crippen molar-refractivity contribution in [2.75, 3.05) is 0 Å². The Labute approximate surface area is 141 Å². The number of ketones is 2. The summed E-state index contributed by atoms with van der Waals surface area (Å²) < 4.78 is 10.4. The van der Waals surface area contributed by atoms with E-state index < -0.39 is 11.9 Å². The zero-order valence-electron chi connectivity index (χ0n) is 14.0. The minimum Gasteiger partial charge on any atom is -0.423 e. The Morgan fingerprint density at radius 1 is 0.708 bits per heavy atom. The third-order valence-electron chi connectivity index (χ3n) is 3.12. The Morgan fingerprint density at radius 2 is 1.08 bits per heavy atom. The fraction of sp³-hybridized carbons (Fsp3) is 0.444. The molecule has 0 amide bonds. The fourth-order valence-electron chi connectivity index (χ4n) is 1.93. The van der Waals surface area contributed by atoms with Gasteiger partial charge in [-0.2, -0.15) is 0 Å². The Hall–Kier alpha value is -2.50. The van der Waals surface area contributed by atoms with Crippen molar-refractivity contribution in [3.63, 3.8) is 0 Å². The van der Waals surface area contributed by atoms with Crippen molar-refractivity contribution in [1.29, 1.82) is 0 Å². The van der Waals surface area contributed by atoms with Gasteiger partial charge in [-0.1, -0.05) is 12.1 Å². The highest BCUT2D eigenvalue weighted by atomic mass is 16.6. The molecule has 6 heteroatoms. The summed E-state index contributed by atoms with van der Waals surface area (Å²) >= 11 is 0. The van der Waals surface area contributed by atoms with Gasteiger partial charge in [-0.25, -0.2) is 0 Å².